The largest absolute Gasteiger partial charge is 0.481 e. The van der Waals surface area contributed by atoms with Crippen LogP contribution in [-0.2, 0) is 23.8 Å². The molecule has 26 heavy (non-hydrogen) atoms. The van der Waals surface area contributed by atoms with E-state index in [-0.39, 0.29) is 31.3 Å². The molecule has 0 spiro atoms. The first-order chi connectivity index (χ1) is 12.6. The predicted molar refractivity (Wildman–Crippen MR) is 90.8 cm³/mol. The number of carbonyl (C=O) groups is 3. The lowest BCUT2D eigenvalue weighted by molar-refractivity contribution is -0.145. The van der Waals surface area contributed by atoms with Gasteiger partial charge in [0.25, 0.3) is 6.29 Å². The van der Waals surface area contributed by atoms with Crippen LogP contribution in [0.5, 0.6) is 5.75 Å². The Morgan fingerprint density at radius 3 is 2.65 bits per heavy atom. The summed E-state index contributed by atoms with van der Waals surface area (Å²) in [5, 5.41) is 0.616. The standard InChI is InChI=1S/C18H19NO7/c1-3-23-16(21)11-25-15-9-14(18(22)26-17(10-20)24-4-2)19-13-8-6-5-7-12(13)15/h5-10,17H,3-4,11H2,1-2H3. The van der Waals surface area contributed by atoms with E-state index in [1.807, 2.05) is 0 Å². The van der Waals surface area contributed by atoms with Gasteiger partial charge in [0.05, 0.1) is 12.1 Å². The Morgan fingerprint density at radius 2 is 1.96 bits per heavy atom. The van der Waals surface area contributed by atoms with Gasteiger partial charge in [0, 0.05) is 18.1 Å². The fourth-order valence-corrected chi connectivity index (χ4v) is 2.14. The highest BCUT2D eigenvalue weighted by Gasteiger charge is 2.19. The van der Waals surface area contributed by atoms with Gasteiger partial charge in [0.1, 0.15) is 5.75 Å². The molecular formula is C18H19NO7. The topological polar surface area (TPSA) is 101 Å². The van der Waals surface area contributed by atoms with Gasteiger partial charge < -0.3 is 18.9 Å². The number of aromatic nitrogens is 1. The van der Waals surface area contributed by atoms with Gasteiger partial charge in [-0.2, -0.15) is 0 Å². The molecule has 1 unspecified atom stereocenters. The molecular weight excluding hydrogens is 342 g/mol. The molecule has 1 aromatic carbocycles. The summed E-state index contributed by atoms with van der Waals surface area (Å²) in [6, 6.07) is 8.29. The quantitative estimate of drug-likeness (QED) is 0.379. The smallest absolute Gasteiger partial charge is 0.359 e. The minimum atomic E-state index is -1.32. The van der Waals surface area contributed by atoms with Crippen molar-refractivity contribution in [1.82, 2.24) is 4.98 Å². The number of benzene rings is 1. The van der Waals surface area contributed by atoms with Gasteiger partial charge >= 0.3 is 11.9 Å². The first-order valence-electron chi connectivity index (χ1n) is 8.05. The average Bonchev–Trinajstić information content (AvgIpc) is 2.65. The molecule has 0 N–H and O–H groups in total. The number of nitrogens with zero attached hydrogens (tertiary/aromatic N) is 1. The molecule has 2 rings (SSSR count). The lowest BCUT2D eigenvalue weighted by atomic mass is 10.2. The molecule has 0 aliphatic rings. The summed E-state index contributed by atoms with van der Waals surface area (Å²) in [5.41, 5.74) is 0.397. The molecule has 0 saturated heterocycles. The van der Waals surface area contributed by atoms with E-state index in [4.69, 9.17) is 18.9 Å². The molecule has 0 saturated carbocycles. The Balaban J connectivity index is 2.28. The number of ether oxygens (including phenoxy) is 4. The molecule has 0 fully saturated rings. The maximum Gasteiger partial charge on any atom is 0.359 e. The van der Waals surface area contributed by atoms with Gasteiger partial charge in [-0.15, -0.1) is 0 Å². The SMILES string of the molecule is CCOC(=O)COc1cc(C(=O)OC(C=O)OCC)nc2ccccc12. The van der Waals surface area contributed by atoms with E-state index < -0.39 is 18.2 Å². The van der Waals surface area contributed by atoms with Crippen LogP contribution in [0, 0.1) is 0 Å². The number of aldehydes is 1. The third-order valence-electron chi connectivity index (χ3n) is 3.20. The summed E-state index contributed by atoms with van der Waals surface area (Å²) in [5.74, 6) is -1.10. The van der Waals surface area contributed by atoms with Crippen molar-refractivity contribution in [2.75, 3.05) is 19.8 Å². The van der Waals surface area contributed by atoms with Crippen molar-refractivity contribution in [3.8, 4) is 5.75 Å². The summed E-state index contributed by atoms with van der Waals surface area (Å²) >= 11 is 0. The van der Waals surface area contributed by atoms with Crippen molar-refractivity contribution >= 4 is 29.1 Å². The van der Waals surface area contributed by atoms with Crippen LogP contribution in [0.25, 0.3) is 10.9 Å². The van der Waals surface area contributed by atoms with Crippen LogP contribution < -0.4 is 4.74 Å². The number of fused-ring (bicyclic) bond motifs is 1. The summed E-state index contributed by atoms with van der Waals surface area (Å²) < 4.78 is 20.2. The second-order valence-electron chi connectivity index (χ2n) is 4.98. The molecule has 1 atom stereocenters. The average molecular weight is 361 g/mol. The van der Waals surface area contributed by atoms with E-state index in [1.165, 1.54) is 6.07 Å². The van der Waals surface area contributed by atoms with E-state index in [2.05, 4.69) is 4.98 Å². The first-order valence-corrected chi connectivity index (χ1v) is 8.05. The Hall–Kier alpha value is -3.00. The van der Waals surface area contributed by atoms with Crippen LogP contribution >= 0.6 is 0 Å². The first kappa shape index (κ1) is 19.3. The maximum atomic E-state index is 12.3. The lowest BCUT2D eigenvalue weighted by Gasteiger charge is -2.13. The summed E-state index contributed by atoms with van der Waals surface area (Å²) in [7, 11) is 0. The second-order valence-corrected chi connectivity index (χ2v) is 4.98. The molecule has 0 bridgehead atoms. The van der Waals surface area contributed by atoms with Crippen molar-refractivity contribution in [2.45, 2.75) is 20.1 Å². The zero-order valence-electron chi connectivity index (χ0n) is 14.5. The Kier molecular flexibility index (Phi) is 7.04. The van der Waals surface area contributed by atoms with Crippen LogP contribution in [0.2, 0.25) is 0 Å². The summed E-state index contributed by atoms with van der Waals surface area (Å²) in [4.78, 5) is 38.9. The summed E-state index contributed by atoms with van der Waals surface area (Å²) in [6.07, 6.45) is -0.940. The van der Waals surface area contributed by atoms with Crippen LogP contribution in [0.15, 0.2) is 30.3 Å². The van der Waals surface area contributed by atoms with Crippen molar-refractivity contribution in [2.24, 2.45) is 0 Å². The second kappa shape index (κ2) is 9.47. The minimum Gasteiger partial charge on any atom is -0.481 e. The van der Waals surface area contributed by atoms with Crippen molar-refractivity contribution < 1.29 is 33.3 Å². The number of hydrogen-bond donors (Lipinski definition) is 0. The van der Waals surface area contributed by atoms with Crippen LogP contribution in [0.4, 0.5) is 0 Å². The Labute approximate surface area is 150 Å². The molecule has 138 valence electrons. The number of carbonyl (C=O) groups excluding carboxylic acids is 3. The van der Waals surface area contributed by atoms with Gasteiger partial charge in [-0.05, 0) is 26.0 Å². The highest BCUT2D eigenvalue weighted by molar-refractivity contribution is 5.94. The van der Waals surface area contributed by atoms with Crippen molar-refractivity contribution in [3.63, 3.8) is 0 Å². The predicted octanol–water partition coefficient (Wildman–Crippen LogP) is 1.89. The Bertz CT molecular complexity index is 790. The zero-order valence-corrected chi connectivity index (χ0v) is 14.5. The lowest BCUT2D eigenvalue weighted by Crippen LogP contribution is -2.23. The molecule has 0 amide bonds. The van der Waals surface area contributed by atoms with Crippen LogP contribution in [0.1, 0.15) is 24.3 Å². The van der Waals surface area contributed by atoms with Gasteiger partial charge in [0.15, 0.2) is 18.6 Å². The fourth-order valence-electron chi connectivity index (χ4n) is 2.14. The van der Waals surface area contributed by atoms with E-state index in [0.717, 1.165) is 0 Å². The van der Waals surface area contributed by atoms with Crippen LogP contribution in [0.3, 0.4) is 0 Å². The fraction of sp³-hybridized carbons (Fsp3) is 0.333. The van der Waals surface area contributed by atoms with Gasteiger partial charge in [-0.3, -0.25) is 4.79 Å². The zero-order chi connectivity index (χ0) is 18.9. The third-order valence-corrected chi connectivity index (χ3v) is 3.20. The van der Waals surface area contributed by atoms with E-state index >= 15 is 0 Å². The Morgan fingerprint density at radius 1 is 1.19 bits per heavy atom. The maximum absolute atomic E-state index is 12.3. The molecule has 8 nitrogen and oxygen atoms in total. The van der Waals surface area contributed by atoms with Gasteiger partial charge in [-0.1, -0.05) is 12.1 Å². The molecule has 1 aromatic heterocycles. The molecule has 0 aliphatic carbocycles. The minimum absolute atomic E-state index is 0.0749. The van der Waals surface area contributed by atoms with E-state index in [0.29, 0.717) is 17.2 Å². The highest BCUT2D eigenvalue weighted by Crippen LogP contribution is 2.26. The summed E-state index contributed by atoms with van der Waals surface area (Å²) in [6.45, 7) is 3.49. The number of pyridine rings is 1. The molecule has 0 radical (unpaired) electrons. The molecule has 2 aromatic rings. The monoisotopic (exact) mass is 361 g/mol. The van der Waals surface area contributed by atoms with E-state index in [9.17, 15) is 14.4 Å². The van der Waals surface area contributed by atoms with Gasteiger partial charge in [-0.25, -0.2) is 14.6 Å². The normalized spacial score (nSPS) is 11.6. The molecule has 8 heteroatoms. The number of rotatable bonds is 9. The third kappa shape index (κ3) is 5.00. The van der Waals surface area contributed by atoms with Crippen molar-refractivity contribution in [3.05, 3.63) is 36.0 Å². The number of hydrogen-bond acceptors (Lipinski definition) is 8. The highest BCUT2D eigenvalue weighted by atomic mass is 16.7. The number of esters is 2. The molecule has 1 heterocycles. The van der Waals surface area contributed by atoms with E-state index in [1.54, 1.807) is 38.1 Å². The van der Waals surface area contributed by atoms with Crippen LogP contribution in [-0.4, -0.2) is 49.3 Å². The molecule has 0 aliphatic heterocycles. The van der Waals surface area contributed by atoms with Gasteiger partial charge in [0.2, 0.25) is 0 Å². The number of para-hydroxylation sites is 1. The van der Waals surface area contributed by atoms with Crippen molar-refractivity contribution in [1.29, 1.82) is 0 Å².